The molecule has 0 saturated heterocycles. The molecule has 0 saturated carbocycles. The SMILES string of the molecule is CC(C)(C)OC(=O)Nc1ccccc1NC(=O)/C=C/c1ccc(C(OS(C)(=O)=O)C(=O)Nc2ccc(C(C)(C)C)cc2)cc1. The zero-order chi connectivity index (χ0) is 32.7. The van der Waals surface area contributed by atoms with Gasteiger partial charge >= 0.3 is 6.09 Å². The highest BCUT2D eigenvalue weighted by molar-refractivity contribution is 7.86. The van der Waals surface area contributed by atoms with Gasteiger partial charge in [0.05, 0.1) is 17.6 Å². The molecule has 3 N–H and O–H groups in total. The fourth-order valence-electron chi connectivity index (χ4n) is 3.93. The van der Waals surface area contributed by atoms with E-state index in [4.69, 9.17) is 8.92 Å². The molecule has 11 heteroatoms. The number of hydrogen-bond donors (Lipinski definition) is 3. The summed E-state index contributed by atoms with van der Waals surface area (Å²) in [6.07, 6.45) is 1.65. The Balaban J connectivity index is 1.70. The number of para-hydroxylation sites is 2. The van der Waals surface area contributed by atoms with Gasteiger partial charge in [0.2, 0.25) is 5.91 Å². The molecule has 3 aromatic rings. The highest BCUT2D eigenvalue weighted by Gasteiger charge is 2.26. The smallest absolute Gasteiger partial charge is 0.412 e. The lowest BCUT2D eigenvalue weighted by Gasteiger charge is -2.20. The van der Waals surface area contributed by atoms with E-state index in [1.165, 1.54) is 6.08 Å². The molecule has 234 valence electrons. The predicted octanol–water partition coefficient (Wildman–Crippen LogP) is 6.64. The maximum atomic E-state index is 13.1. The number of carbonyl (C=O) groups is 3. The summed E-state index contributed by atoms with van der Waals surface area (Å²) in [6, 6.07) is 20.3. The highest BCUT2D eigenvalue weighted by Crippen LogP contribution is 2.26. The van der Waals surface area contributed by atoms with E-state index in [0.717, 1.165) is 11.8 Å². The molecule has 44 heavy (non-hydrogen) atoms. The van der Waals surface area contributed by atoms with E-state index in [1.54, 1.807) is 87.5 Å². The molecule has 0 heterocycles. The summed E-state index contributed by atoms with van der Waals surface area (Å²) in [5.41, 5.74) is 2.50. The normalized spacial score (nSPS) is 12.8. The maximum absolute atomic E-state index is 13.1. The molecule has 3 aromatic carbocycles. The minimum Gasteiger partial charge on any atom is -0.444 e. The number of rotatable bonds is 9. The van der Waals surface area contributed by atoms with Crippen molar-refractivity contribution >= 4 is 51.2 Å². The van der Waals surface area contributed by atoms with E-state index >= 15 is 0 Å². The number of anilines is 3. The minimum atomic E-state index is -3.98. The van der Waals surface area contributed by atoms with Gasteiger partial charge in [-0.15, -0.1) is 0 Å². The zero-order valence-corrected chi connectivity index (χ0v) is 26.7. The second-order valence-electron chi connectivity index (χ2n) is 12.2. The van der Waals surface area contributed by atoms with Crippen molar-refractivity contribution in [2.75, 3.05) is 22.2 Å². The van der Waals surface area contributed by atoms with Gasteiger partial charge in [0, 0.05) is 11.8 Å². The molecule has 0 aliphatic carbocycles. The first kappa shape index (κ1) is 34.0. The van der Waals surface area contributed by atoms with Crippen molar-refractivity contribution in [3.63, 3.8) is 0 Å². The van der Waals surface area contributed by atoms with Crippen molar-refractivity contribution < 1.29 is 31.7 Å². The summed E-state index contributed by atoms with van der Waals surface area (Å²) >= 11 is 0. The average Bonchev–Trinajstić information content (AvgIpc) is 2.90. The van der Waals surface area contributed by atoms with Crippen molar-refractivity contribution in [1.29, 1.82) is 0 Å². The number of carbonyl (C=O) groups excluding carboxylic acids is 3. The van der Waals surface area contributed by atoms with E-state index < -0.39 is 39.7 Å². The van der Waals surface area contributed by atoms with Crippen LogP contribution in [0.1, 0.15) is 64.3 Å². The van der Waals surface area contributed by atoms with Crippen molar-refractivity contribution in [1.82, 2.24) is 0 Å². The Hall–Kier alpha value is -4.48. The van der Waals surface area contributed by atoms with Crippen LogP contribution in [0.25, 0.3) is 6.08 Å². The number of benzene rings is 3. The van der Waals surface area contributed by atoms with Crippen LogP contribution in [0.2, 0.25) is 0 Å². The van der Waals surface area contributed by atoms with Crippen LogP contribution in [0.3, 0.4) is 0 Å². The number of hydrogen-bond acceptors (Lipinski definition) is 7. The van der Waals surface area contributed by atoms with Gasteiger partial charge in [-0.3, -0.25) is 19.1 Å². The van der Waals surface area contributed by atoms with Crippen molar-refractivity contribution in [3.05, 3.63) is 95.6 Å². The third kappa shape index (κ3) is 11.0. The van der Waals surface area contributed by atoms with Gasteiger partial charge in [0.1, 0.15) is 5.60 Å². The average molecular weight is 622 g/mol. The standard InChI is InChI=1S/C33H39N3O7S/c1-32(2,3)24-17-19-25(20-18-24)34-30(38)29(43-44(7,40)41)23-15-12-22(13-16-23)14-21-28(37)35-26-10-8-9-11-27(26)36-31(39)42-33(4,5)6/h8-21,29H,1-7H3,(H,34,38)(H,35,37)(H,36,39)/b21-14+. The van der Waals surface area contributed by atoms with E-state index in [1.807, 2.05) is 12.1 Å². The molecule has 0 bridgehead atoms. The molecular weight excluding hydrogens is 582 g/mol. The molecule has 3 amide bonds. The van der Waals surface area contributed by atoms with Crippen LogP contribution < -0.4 is 16.0 Å². The first-order valence-corrected chi connectivity index (χ1v) is 15.7. The van der Waals surface area contributed by atoms with Crippen LogP contribution in [0, 0.1) is 0 Å². The minimum absolute atomic E-state index is 0.0647. The second kappa shape index (κ2) is 13.9. The molecule has 0 aromatic heterocycles. The first-order valence-electron chi connectivity index (χ1n) is 13.9. The molecule has 0 aliphatic heterocycles. The largest absolute Gasteiger partial charge is 0.444 e. The molecule has 1 unspecified atom stereocenters. The van der Waals surface area contributed by atoms with Gasteiger partial charge < -0.3 is 15.4 Å². The molecule has 3 rings (SSSR count). The molecule has 0 aliphatic rings. The van der Waals surface area contributed by atoms with E-state index in [9.17, 15) is 22.8 Å². The molecule has 1 atom stereocenters. The lowest BCUT2D eigenvalue weighted by Crippen LogP contribution is -2.27. The fourth-order valence-corrected chi connectivity index (χ4v) is 4.48. The predicted molar refractivity (Wildman–Crippen MR) is 173 cm³/mol. The number of amides is 3. The molecular formula is C33H39N3O7S. The van der Waals surface area contributed by atoms with Gasteiger partial charge in [-0.1, -0.05) is 69.3 Å². The number of nitrogens with one attached hydrogen (secondary N) is 3. The summed E-state index contributed by atoms with van der Waals surface area (Å²) in [5.74, 6) is -1.11. The monoisotopic (exact) mass is 621 g/mol. The Bertz CT molecular complexity index is 1620. The molecule has 0 fully saturated rings. The van der Waals surface area contributed by atoms with E-state index in [0.29, 0.717) is 28.2 Å². The van der Waals surface area contributed by atoms with Crippen LogP contribution in [-0.2, 0) is 34.0 Å². The topological polar surface area (TPSA) is 140 Å². The lowest BCUT2D eigenvalue weighted by atomic mass is 9.87. The van der Waals surface area contributed by atoms with Gasteiger partial charge in [0.15, 0.2) is 6.10 Å². The van der Waals surface area contributed by atoms with Gasteiger partial charge in [-0.05, 0) is 73.2 Å². The van der Waals surface area contributed by atoms with Crippen molar-refractivity contribution in [2.45, 2.75) is 58.7 Å². The quantitative estimate of drug-likeness (QED) is 0.180. The Kier molecular flexibility index (Phi) is 10.7. The Morgan fingerprint density at radius 2 is 1.34 bits per heavy atom. The molecule has 10 nitrogen and oxygen atoms in total. The Morgan fingerprint density at radius 3 is 1.86 bits per heavy atom. The van der Waals surface area contributed by atoms with Crippen molar-refractivity contribution in [3.8, 4) is 0 Å². The van der Waals surface area contributed by atoms with Crippen molar-refractivity contribution in [2.24, 2.45) is 0 Å². The number of ether oxygens (including phenoxy) is 1. The highest BCUT2D eigenvalue weighted by atomic mass is 32.2. The Morgan fingerprint density at radius 1 is 0.773 bits per heavy atom. The Labute approximate surface area is 259 Å². The van der Waals surface area contributed by atoms with Gasteiger partial charge in [0.25, 0.3) is 16.0 Å². The lowest BCUT2D eigenvalue weighted by molar-refractivity contribution is -0.122. The van der Waals surface area contributed by atoms with Crippen LogP contribution in [-0.4, -0.2) is 38.2 Å². The third-order valence-electron chi connectivity index (χ3n) is 6.01. The van der Waals surface area contributed by atoms with Gasteiger partial charge in [-0.25, -0.2) is 4.79 Å². The van der Waals surface area contributed by atoms with Crippen LogP contribution >= 0.6 is 0 Å². The van der Waals surface area contributed by atoms with Crippen LogP contribution in [0.5, 0.6) is 0 Å². The van der Waals surface area contributed by atoms with Crippen LogP contribution in [0.15, 0.2) is 78.9 Å². The summed E-state index contributed by atoms with van der Waals surface area (Å²) in [7, 11) is -3.98. The summed E-state index contributed by atoms with van der Waals surface area (Å²) in [4.78, 5) is 37.9. The van der Waals surface area contributed by atoms with E-state index in [2.05, 4.69) is 36.7 Å². The summed E-state index contributed by atoms with van der Waals surface area (Å²) < 4.78 is 34.4. The fraction of sp³-hybridized carbons (Fsp3) is 0.303. The van der Waals surface area contributed by atoms with Gasteiger partial charge in [-0.2, -0.15) is 8.42 Å². The summed E-state index contributed by atoms with van der Waals surface area (Å²) in [6.45, 7) is 11.5. The first-order chi connectivity index (χ1) is 20.4. The molecule has 0 radical (unpaired) electrons. The molecule has 0 spiro atoms. The maximum Gasteiger partial charge on any atom is 0.412 e. The third-order valence-corrected chi connectivity index (χ3v) is 6.56. The second-order valence-corrected chi connectivity index (χ2v) is 13.8. The zero-order valence-electron chi connectivity index (χ0n) is 25.9. The summed E-state index contributed by atoms with van der Waals surface area (Å²) in [5, 5.41) is 8.06. The van der Waals surface area contributed by atoms with Crippen LogP contribution in [0.4, 0.5) is 21.9 Å². The van der Waals surface area contributed by atoms with E-state index in [-0.39, 0.29) is 5.41 Å².